The topological polar surface area (TPSA) is 38.7 Å². The van der Waals surface area contributed by atoms with E-state index in [9.17, 15) is 26.7 Å². The lowest BCUT2D eigenvalue weighted by molar-refractivity contribution is 0.149. The van der Waals surface area contributed by atoms with Gasteiger partial charge in [0, 0.05) is 25.8 Å². The Labute approximate surface area is 113 Å². The molecule has 114 valence electrons. The smallest absolute Gasteiger partial charge is 0.390 e. The second-order valence-corrected chi connectivity index (χ2v) is 6.86. The van der Waals surface area contributed by atoms with Crippen molar-refractivity contribution in [2.24, 2.45) is 0 Å². The first-order valence-corrected chi connectivity index (χ1v) is 7.49. The van der Waals surface area contributed by atoms with Gasteiger partial charge in [-0.3, -0.25) is 0 Å². The monoisotopic (exact) mass is 316 g/mol. The fourth-order valence-electron chi connectivity index (χ4n) is 1.79. The summed E-state index contributed by atoms with van der Waals surface area (Å²) in [7, 11) is -1.46. The molecule has 9 heteroatoms. The van der Waals surface area contributed by atoms with Crippen LogP contribution in [-0.4, -0.2) is 27.8 Å². The first-order valence-electron chi connectivity index (χ1n) is 5.52. The van der Waals surface area contributed by atoms with Crippen LogP contribution in [0.15, 0.2) is 0 Å². The van der Waals surface area contributed by atoms with E-state index in [0.29, 0.717) is 0 Å². The van der Waals surface area contributed by atoms with Crippen LogP contribution in [0.5, 0.6) is 0 Å². The lowest BCUT2D eigenvalue weighted by Gasteiger charge is -2.24. The zero-order chi connectivity index (χ0) is 15.7. The zero-order valence-corrected chi connectivity index (χ0v) is 11.9. The summed E-state index contributed by atoms with van der Waals surface area (Å²) in [6.45, 7) is 1.20. The molecule has 0 aliphatic rings. The predicted octanol–water partition coefficient (Wildman–Crippen LogP) is 2.71. The Hall–Kier alpha value is -1.03. The van der Waals surface area contributed by atoms with Gasteiger partial charge in [0.1, 0.15) is 0 Å². The van der Waals surface area contributed by atoms with Gasteiger partial charge in [0.05, 0.1) is 0 Å². The molecule has 1 atom stereocenters. The second kappa shape index (κ2) is 6.16. The number of halogens is 5. The average molecular weight is 316 g/mol. The van der Waals surface area contributed by atoms with Gasteiger partial charge in [0.2, 0.25) is 5.82 Å². The maximum atomic E-state index is 13.6. The standard InChI is InChI=1S/C11H13F5O3Si/c1-5(4-20(17,18-2)19-3)6-7(12)9(14)11(16)10(15)8(6)13/h5,17H,4H2,1-3H3. The van der Waals surface area contributed by atoms with Crippen LogP contribution in [0.2, 0.25) is 6.04 Å². The van der Waals surface area contributed by atoms with E-state index in [-0.39, 0.29) is 0 Å². The molecule has 0 bridgehead atoms. The van der Waals surface area contributed by atoms with Gasteiger partial charge < -0.3 is 13.6 Å². The highest BCUT2D eigenvalue weighted by Crippen LogP contribution is 2.33. The lowest BCUT2D eigenvalue weighted by Crippen LogP contribution is -2.41. The molecule has 0 saturated heterocycles. The van der Waals surface area contributed by atoms with Crippen molar-refractivity contribution in [3.8, 4) is 0 Å². The van der Waals surface area contributed by atoms with Crippen LogP contribution in [0.3, 0.4) is 0 Å². The van der Waals surface area contributed by atoms with E-state index in [0.717, 1.165) is 14.2 Å². The maximum Gasteiger partial charge on any atom is 0.498 e. The minimum absolute atomic E-state index is 0.391. The Morgan fingerprint density at radius 3 is 1.60 bits per heavy atom. The van der Waals surface area contributed by atoms with Crippen LogP contribution in [0, 0.1) is 29.1 Å². The molecular formula is C11H13F5O3Si. The Morgan fingerprint density at radius 2 is 1.25 bits per heavy atom. The van der Waals surface area contributed by atoms with Crippen LogP contribution in [0.4, 0.5) is 22.0 Å². The summed E-state index contributed by atoms with van der Waals surface area (Å²) < 4.78 is 75.6. The van der Waals surface area contributed by atoms with Crippen molar-refractivity contribution in [3.05, 3.63) is 34.6 Å². The quantitative estimate of drug-likeness (QED) is 0.393. The van der Waals surface area contributed by atoms with E-state index in [1.807, 2.05) is 0 Å². The maximum absolute atomic E-state index is 13.6. The zero-order valence-electron chi connectivity index (χ0n) is 10.9. The van der Waals surface area contributed by atoms with Crippen molar-refractivity contribution in [2.45, 2.75) is 18.9 Å². The van der Waals surface area contributed by atoms with Crippen LogP contribution < -0.4 is 0 Å². The van der Waals surface area contributed by atoms with Crippen LogP contribution in [0.25, 0.3) is 0 Å². The number of rotatable bonds is 5. The first kappa shape index (κ1) is 17.0. The summed E-state index contributed by atoms with van der Waals surface area (Å²) in [4.78, 5) is 9.82. The van der Waals surface area contributed by atoms with Crippen LogP contribution in [-0.2, 0) is 8.85 Å². The Balaban J connectivity index is 3.27. The highest BCUT2D eigenvalue weighted by atomic mass is 28.4. The molecule has 20 heavy (non-hydrogen) atoms. The summed E-state index contributed by atoms with van der Waals surface area (Å²) in [5.74, 6) is -11.3. The third kappa shape index (κ3) is 3.00. The Morgan fingerprint density at radius 1 is 0.900 bits per heavy atom. The molecule has 1 aromatic carbocycles. The molecule has 0 spiro atoms. The van der Waals surface area contributed by atoms with Crippen LogP contribution in [0.1, 0.15) is 18.4 Å². The van der Waals surface area contributed by atoms with Gasteiger partial charge in [-0.2, -0.15) is 0 Å². The molecule has 0 aromatic heterocycles. The number of hydrogen-bond donors (Lipinski definition) is 1. The third-order valence-corrected chi connectivity index (χ3v) is 5.34. The predicted molar refractivity (Wildman–Crippen MR) is 61.4 cm³/mol. The Kier molecular flexibility index (Phi) is 5.25. The summed E-state index contributed by atoms with van der Waals surface area (Å²) in [6.07, 6.45) is 0. The average Bonchev–Trinajstić information content (AvgIpc) is 2.43. The van der Waals surface area contributed by atoms with Crippen molar-refractivity contribution in [3.63, 3.8) is 0 Å². The Bertz CT molecular complexity index is 478. The fraction of sp³-hybridized carbons (Fsp3) is 0.455. The second-order valence-electron chi connectivity index (χ2n) is 4.21. The van der Waals surface area contributed by atoms with Crippen molar-refractivity contribution < 1.29 is 35.6 Å². The molecule has 0 aliphatic carbocycles. The van der Waals surface area contributed by atoms with E-state index < -0.39 is 55.4 Å². The van der Waals surface area contributed by atoms with Crippen molar-refractivity contribution in [2.75, 3.05) is 14.2 Å². The molecule has 0 heterocycles. The molecule has 0 saturated carbocycles. The summed E-state index contributed by atoms with van der Waals surface area (Å²) >= 11 is 0. The minimum atomic E-state index is -3.71. The molecule has 0 aliphatic heterocycles. The minimum Gasteiger partial charge on any atom is -0.390 e. The SMILES string of the molecule is CO[Si](O)(CC(C)c1c(F)c(F)c(F)c(F)c1F)OC. The van der Waals surface area contributed by atoms with Crippen molar-refractivity contribution in [1.82, 2.24) is 0 Å². The molecular weight excluding hydrogens is 303 g/mol. The van der Waals surface area contributed by atoms with Gasteiger partial charge in [-0.1, -0.05) is 6.92 Å². The molecule has 0 radical (unpaired) electrons. The first-order chi connectivity index (χ1) is 9.18. The van der Waals surface area contributed by atoms with Gasteiger partial charge in [-0.15, -0.1) is 0 Å². The third-order valence-electron chi connectivity index (χ3n) is 2.94. The van der Waals surface area contributed by atoms with Gasteiger partial charge in [-0.05, 0) is 5.92 Å². The molecule has 1 aromatic rings. The molecule has 1 rings (SSSR count). The molecule has 3 nitrogen and oxygen atoms in total. The van der Waals surface area contributed by atoms with E-state index in [2.05, 4.69) is 0 Å². The molecule has 0 fully saturated rings. The van der Waals surface area contributed by atoms with Crippen molar-refractivity contribution >= 4 is 8.80 Å². The molecule has 1 unspecified atom stereocenters. The van der Waals surface area contributed by atoms with Gasteiger partial charge in [0.25, 0.3) is 0 Å². The van der Waals surface area contributed by atoms with E-state index in [1.165, 1.54) is 6.92 Å². The lowest BCUT2D eigenvalue weighted by atomic mass is 10.0. The van der Waals surface area contributed by atoms with Crippen molar-refractivity contribution in [1.29, 1.82) is 0 Å². The van der Waals surface area contributed by atoms with Gasteiger partial charge in [-0.25, -0.2) is 22.0 Å². The van der Waals surface area contributed by atoms with E-state index >= 15 is 0 Å². The fourth-order valence-corrected chi connectivity index (χ4v) is 3.27. The largest absolute Gasteiger partial charge is 0.498 e. The summed E-state index contributed by atoms with van der Waals surface area (Å²) in [6, 6.07) is -0.391. The van der Waals surface area contributed by atoms with Gasteiger partial charge >= 0.3 is 8.80 Å². The van der Waals surface area contributed by atoms with Gasteiger partial charge in [0.15, 0.2) is 23.3 Å². The van der Waals surface area contributed by atoms with E-state index in [4.69, 9.17) is 8.85 Å². The summed E-state index contributed by atoms with van der Waals surface area (Å²) in [5.41, 5.74) is -0.999. The normalized spacial score (nSPS) is 13.7. The number of benzene rings is 1. The highest BCUT2D eigenvalue weighted by Gasteiger charge is 2.39. The highest BCUT2D eigenvalue weighted by molar-refractivity contribution is 6.59. The molecule has 0 amide bonds. The van der Waals surface area contributed by atoms with E-state index in [1.54, 1.807) is 0 Å². The van der Waals surface area contributed by atoms with Crippen LogP contribution >= 0.6 is 0 Å². The molecule has 1 N–H and O–H groups in total. The number of hydrogen-bond acceptors (Lipinski definition) is 3. The summed E-state index contributed by atoms with van der Waals surface area (Å²) in [5, 5.41) is 0.